The first-order valence-corrected chi connectivity index (χ1v) is 4.87. The van der Waals surface area contributed by atoms with Crippen LogP contribution in [0.15, 0.2) is 23.8 Å². The van der Waals surface area contributed by atoms with Crippen LogP contribution in [-0.4, -0.2) is 4.92 Å². The van der Waals surface area contributed by atoms with E-state index in [-0.39, 0.29) is 10.7 Å². The van der Waals surface area contributed by atoms with Crippen LogP contribution in [0.4, 0.5) is 5.69 Å². The van der Waals surface area contributed by atoms with Crippen molar-refractivity contribution in [2.45, 2.75) is 13.8 Å². The van der Waals surface area contributed by atoms with Crippen LogP contribution in [0.2, 0.25) is 0 Å². The third-order valence-corrected chi connectivity index (χ3v) is 2.65. The lowest BCUT2D eigenvalue weighted by Crippen LogP contribution is -1.92. The van der Waals surface area contributed by atoms with Crippen LogP contribution in [0.25, 0.3) is 5.03 Å². The second-order valence-electron chi connectivity index (χ2n) is 3.31. The summed E-state index contributed by atoms with van der Waals surface area (Å²) in [5.74, 6) is 0. The summed E-state index contributed by atoms with van der Waals surface area (Å²) in [6.45, 7) is 3.35. The van der Waals surface area contributed by atoms with Gasteiger partial charge in [0, 0.05) is 23.3 Å². The molecule has 82 valence electrons. The number of nitriles is 1. The van der Waals surface area contributed by atoms with Gasteiger partial charge in [-0.15, -0.1) is 0 Å². The lowest BCUT2D eigenvalue weighted by atomic mass is 10.1. The van der Waals surface area contributed by atoms with E-state index in [1.807, 2.05) is 6.07 Å². The van der Waals surface area contributed by atoms with Crippen LogP contribution in [0.1, 0.15) is 18.1 Å². The van der Waals surface area contributed by atoms with Crippen molar-refractivity contribution in [3.8, 4) is 6.07 Å². The number of halogens is 1. The summed E-state index contributed by atoms with van der Waals surface area (Å²) in [5.41, 5.74) is 1.62. The molecular weight excluding hydrogens is 228 g/mol. The van der Waals surface area contributed by atoms with Gasteiger partial charge in [-0.25, -0.2) is 0 Å². The predicted octanol–water partition coefficient (Wildman–Crippen LogP) is 3.40. The highest BCUT2D eigenvalue weighted by atomic mass is 35.5. The van der Waals surface area contributed by atoms with Crippen LogP contribution in [-0.2, 0) is 0 Å². The molecule has 0 aliphatic heterocycles. The number of nitro groups is 1. The normalized spacial score (nSPS) is 11.6. The molecule has 0 unspecified atom stereocenters. The molecule has 0 radical (unpaired) electrons. The zero-order chi connectivity index (χ0) is 12.3. The molecule has 4 nitrogen and oxygen atoms in total. The van der Waals surface area contributed by atoms with Crippen molar-refractivity contribution in [1.29, 1.82) is 5.26 Å². The van der Waals surface area contributed by atoms with Gasteiger partial charge in [0.1, 0.15) is 0 Å². The van der Waals surface area contributed by atoms with E-state index in [0.29, 0.717) is 11.1 Å². The van der Waals surface area contributed by atoms with Crippen LogP contribution >= 0.6 is 11.6 Å². The highest BCUT2D eigenvalue weighted by molar-refractivity contribution is 6.49. The largest absolute Gasteiger partial charge is 0.270 e. The lowest BCUT2D eigenvalue weighted by Gasteiger charge is -2.04. The molecule has 0 N–H and O–H groups in total. The highest BCUT2D eigenvalue weighted by Gasteiger charge is 2.12. The van der Waals surface area contributed by atoms with Crippen LogP contribution in [0, 0.1) is 28.4 Å². The fourth-order valence-corrected chi connectivity index (χ4v) is 1.46. The van der Waals surface area contributed by atoms with Gasteiger partial charge < -0.3 is 0 Å². The van der Waals surface area contributed by atoms with Crippen LogP contribution in [0.3, 0.4) is 0 Å². The van der Waals surface area contributed by atoms with Crippen molar-refractivity contribution in [3.05, 3.63) is 45.0 Å². The number of nitro benzene ring substituents is 1. The SMILES string of the molecule is CC(C#N)=C(Cl)c1cc([N+](=O)[O-])ccc1C. The Morgan fingerprint density at radius 1 is 1.56 bits per heavy atom. The Bertz CT molecular complexity index is 515. The standard InChI is InChI=1S/C11H9ClN2O2/c1-7-3-4-9(14(15)16)5-10(7)11(12)8(2)6-13/h3-5H,1-2H3. The molecule has 1 aromatic carbocycles. The maximum atomic E-state index is 10.6. The van der Waals surface area contributed by atoms with Crippen molar-refractivity contribution in [3.63, 3.8) is 0 Å². The van der Waals surface area contributed by atoms with Crippen LogP contribution in [0.5, 0.6) is 0 Å². The Morgan fingerprint density at radius 2 is 2.19 bits per heavy atom. The summed E-state index contributed by atoms with van der Waals surface area (Å²) in [5, 5.41) is 19.6. The maximum absolute atomic E-state index is 10.6. The second-order valence-corrected chi connectivity index (χ2v) is 3.69. The van der Waals surface area contributed by atoms with Crippen molar-refractivity contribution < 1.29 is 4.92 Å². The number of hydrogen-bond donors (Lipinski definition) is 0. The number of rotatable bonds is 2. The van der Waals surface area contributed by atoms with Crippen LogP contribution < -0.4 is 0 Å². The summed E-state index contributed by atoms with van der Waals surface area (Å²) in [6.07, 6.45) is 0. The minimum atomic E-state index is -0.491. The Kier molecular flexibility index (Phi) is 3.64. The summed E-state index contributed by atoms with van der Waals surface area (Å²) in [4.78, 5) is 10.1. The molecular formula is C11H9ClN2O2. The third kappa shape index (κ3) is 2.38. The van der Waals surface area contributed by atoms with E-state index < -0.39 is 4.92 Å². The van der Waals surface area contributed by atoms with Crippen molar-refractivity contribution in [2.75, 3.05) is 0 Å². The molecule has 16 heavy (non-hydrogen) atoms. The number of nitrogens with zero attached hydrogens (tertiary/aromatic N) is 2. The fourth-order valence-electron chi connectivity index (χ4n) is 1.21. The van der Waals surface area contributed by atoms with Gasteiger partial charge >= 0.3 is 0 Å². The van der Waals surface area contributed by atoms with Gasteiger partial charge in [-0.05, 0) is 19.4 Å². The fraction of sp³-hybridized carbons (Fsp3) is 0.182. The number of aryl methyl sites for hydroxylation is 1. The molecule has 0 saturated heterocycles. The molecule has 0 amide bonds. The van der Waals surface area contributed by atoms with Gasteiger partial charge in [0.15, 0.2) is 0 Å². The van der Waals surface area contributed by atoms with E-state index >= 15 is 0 Å². The van der Waals surface area contributed by atoms with Crippen molar-refractivity contribution in [1.82, 2.24) is 0 Å². The number of non-ortho nitro benzene ring substituents is 1. The number of hydrogen-bond acceptors (Lipinski definition) is 3. The molecule has 0 bridgehead atoms. The molecule has 0 spiro atoms. The Balaban J connectivity index is 3.40. The van der Waals surface area contributed by atoms with Gasteiger partial charge in [0.05, 0.1) is 16.0 Å². The van der Waals surface area contributed by atoms with Gasteiger partial charge in [-0.1, -0.05) is 17.7 Å². The molecule has 0 atom stereocenters. The molecule has 1 aromatic rings. The van der Waals surface area contributed by atoms with Crippen molar-refractivity contribution in [2.24, 2.45) is 0 Å². The first-order valence-electron chi connectivity index (χ1n) is 4.49. The Morgan fingerprint density at radius 3 is 2.69 bits per heavy atom. The molecule has 5 heteroatoms. The minimum absolute atomic E-state index is 0.0375. The van der Waals surface area contributed by atoms with E-state index in [9.17, 15) is 10.1 Å². The summed E-state index contributed by atoms with van der Waals surface area (Å²) in [7, 11) is 0. The van der Waals surface area contributed by atoms with Gasteiger partial charge in [-0.3, -0.25) is 10.1 Å². The Hall–Kier alpha value is -1.86. The van der Waals surface area contributed by atoms with E-state index in [4.69, 9.17) is 16.9 Å². The summed E-state index contributed by atoms with van der Waals surface area (Å²) >= 11 is 5.97. The zero-order valence-electron chi connectivity index (χ0n) is 8.82. The minimum Gasteiger partial charge on any atom is -0.258 e. The first-order chi connectivity index (χ1) is 7.47. The number of benzene rings is 1. The van der Waals surface area contributed by atoms with E-state index in [1.54, 1.807) is 19.9 Å². The molecule has 0 saturated carbocycles. The molecule has 0 aliphatic carbocycles. The quantitative estimate of drug-likeness (QED) is 0.449. The molecule has 1 rings (SSSR count). The highest BCUT2D eigenvalue weighted by Crippen LogP contribution is 2.28. The van der Waals surface area contributed by atoms with Gasteiger partial charge in [0.2, 0.25) is 0 Å². The number of allylic oxidation sites excluding steroid dienone is 1. The smallest absolute Gasteiger partial charge is 0.258 e. The van der Waals surface area contributed by atoms with E-state index in [0.717, 1.165) is 5.56 Å². The molecule has 0 fully saturated rings. The molecule has 0 heterocycles. The second kappa shape index (κ2) is 4.77. The third-order valence-electron chi connectivity index (χ3n) is 2.17. The van der Waals surface area contributed by atoms with E-state index in [1.165, 1.54) is 12.1 Å². The van der Waals surface area contributed by atoms with Gasteiger partial charge in [0.25, 0.3) is 5.69 Å². The zero-order valence-corrected chi connectivity index (χ0v) is 9.58. The van der Waals surface area contributed by atoms with Crippen molar-refractivity contribution >= 4 is 22.3 Å². The maximum Gasteiger partial charge on any atom is 0.270 e. The van der Waals surface area contributed by atoms with E-state index in [2.05, 4.69) is 0 Å². The molecule has 0 aliphatic rings. The topological polar surface area (TPSA) is 66.9 Å². The monoisotopic (exact) mass is 236 g/mol. The summed E-state index contributed by atoms with van der Waals surface area (Å²) in [6, 6.07) is 6.31. The average Bonchev–Trinajstić information content (AvgIpc) is 2.27. The molecule has 0 aromatic heterocycles. The van der Waals surface area contributed by atoms with Gasteiger partial charge in [-0.2, -0.15) is 5.26 Å². The lowest BCUT2D eigenvalue weighted by molar-refractivity contribution is -0.384. The Labute approximate surface area is 97.9 Å². The summed E-state index contributed by atoms with van der Waals surface area (Å²) < 4.78 is 0. The first kappa shape index (κ1) is 12.2. The predicted molar refractivity (Wildman–Crippen MR) is 61.9 cm³/mol. The average molecular weight is 237 g/mol.